The molecule has 1 fully saturated rings. The Morgan fingerprint density at radius 2 is 1.80 bits per heavy atom. The average molecular weight is 421 g/mol. The Kier molecular flexibility index (Phi) is 6.89. The second-order valence-electron chi connectivity index (χ2n) is 7.80. The Balaban J connectivity index is 1.31. The largest absolute Gasteiger partial charge is 0.343 e. The van der Waals surface area contributed by atoms with Gasteiger partial charge in [-0.15, -0.1) is 11.3 Å². The van der Waals surface area contributed by atoms with Gasteiger partial charge in [-0.1, -0.05) is 42.0 Å². The minimum Gasteiger partial charge on any atom is -0.343 e. The summed E-state index contributed by atoms with van der Waals surface area (Å²) in [7, 11) is 0. The van der Waals surface area contributed by atoms with E-state index in [9.17, 15) is 4.79 Å². The van der Waals surface area contributed by atoms with Gasteiger partial charge in [0.2, 0.25) is 5.91 Å². The molecule has 0 radical (unpaired) electrons. The van der Waals surface area contributed by atoms with E-state index in [0.29, 0.717) is 6.54 Å². The van der Waals surface area contributed by atoms with Gasteiger partial charge < -0.3 is 5.32 Å². The maximum absolute atomic E-state index is 12.9. The van der Waals surface area contributed by atoms with Crippen molar-refractivity contribution >= 4 is 17.2 Å². The zero-order chi connectivity index (χ0) is 20.8. The van der Waals surface area contributed by atoms with Crippen LogP contribution in [0.4, 0.5) is 0 Å². The van der Waals surface area contributed by atoms with Crippen molar-refractivity contribution in [3.05, 3.63) is 87.9 Å². The SMILES string of the molecule is Cc1ccc(C(NC(=O)CN2CCN(Cc3ccccn3)CC2)c2cccs2)cc1. The molecule has 1 aliphatic heterocycles. The van der Waals surface area contributed by atoms with Crippen LogP contribution in [0, 0.1) is 6.92 Å². The van der Waals surface area contributed by atoms with Crippen molar-refractivity contribution in [1.29, 1.82) is 0 Å². The average Bonchev–Trinajstić information content (AvgIpc) is 3.30. The third-order valence-corrected chi connectivity index (χ3v) is 6.42. The van der Waals surface area contributed by atoms with Crippen molar-refractivity contribution in [3.63, 3.8) is 0 Å². The summed E-state index contributed by atoms with van der Waals surface area (Å²) < 4.78 is 0. The predicted octanol–water partition coefficient (Wildman–Crippen LogP) is 3.47. The van der Waals surface area contributed by atoms with Crippen LogP contribution in [-0.4, -0.2) is 53.4 Å². The Morgan fingerprint density at radius 1 is 1.03 bits per heavy atom. The van der Waals surface area contributed by atoms with E-state index in [1.165, 1.54) is 5.56 Å². The van der Waals surface area contributed by atoms with Crippen molar-refractivity contribution in [2.24, 2.45) is 0 Å². The molecule has 1 aromatic carbocycles. The van der Waals surface area contributed by atoms with Crippen LogP contribution in [0.25, 0.3) is 0 Å². The number of piperazine rings is 1. The van der Waals surface area contributed by atoms with E-state index in [0.717, 1.165) is 48.9 Å². The fraction of sp³-hybridized carbons (Fsp3) is 0.333. The highest BCUT2D eigenvalue weighted by atomic mass is 32.1. The lowest BCUT2D eigenvalue weighted by Crippen LogP contribution is -2.49. The van der Waals surface area contributed by atoms with Gasteiger partial charge in [0.15, 0.2) is 0 Å². The van der Waals surface area contributed by atoms with Crippen molar-refractivity contribution < 1.29 is 4.79 Å². The van der Waals surface area contributed by atoms with Gasteiger partial charge in [-0.25, -0.2) is 0 Å². The molecule has 156 valence electrons. The van der Waals surface area contributed by atoms with Gasteiger partial charge in [-0.2, -0.15) is 0 Å². The summed E-state index contributed by atoms with van der Waals surface area (Å²) in [5.41, 5.74) is 3.44. The number of benzene rings is 1. The molecule has 1 N–H and O–H groups in total. The van der Waals surface area contributed by atoms with E-state index >= 15 is 0 Å². The van der Waals surface area contributed by atoms with Gasteiger partial charge in [0.1, 0.15) is 0 Å². The summed E-state index contributed by atoms with van der Waals surface area (Å²) in [5, 5.41) is 5.32. The maximum atomic E-state index is 12.9. The third-order valence-electron chi connectivity index (χ3n) is 5.49. The summed E-state index contributed by atoms with van der Waals surface area (Å²) >= 11 is 1.68. The number of hydrogen-bond acceptors (Lipinski definition) is 5. The standard InChI is InChI=1S/C24H28N4OS/c1-19-7-9-20(10-8-19)24(22-6-4-16-30-22)26-23(29)18-28-14-12-27(13-15-28)17-21-5-2-3-11-25-21/h2-11,16,24H,12-15,17-18H2,1H3,(H,26,29). The second kappa shape index (κ2) is 9.98. The lowest BCUT2D eigenvalue weighted by molar-refractivity contribution is -0.123. The predicted molar refractivity (Wildman–Crippen MR) is 121 cm³/mol. The molecule has 5 nitrogen and oxygen atoms in total. The molecule has 0 bridgehead atoms. The fourth-order valence-electron chi connectivity index (χ4n) is 3.77. The van der Waals surface area contributed by atoms with E-state index in [1.54, 1.807) is 11.3 Å². The number of rotatable bonds is 7. The minimum absolute atomic E-state index is 0.0761. The third kappa shape index (κ3) is 5.53. The van der Waals surface area contributed by atoms with Crippen molar-refractivity contribution in [2.45, 2.75) is 19.5 Å². The van der Waals surface area contributed by atoms with Gasteiger partial charge in [-0.3, -0.25) is 19.6 Å². The number of nitrogens with one attached hydrogen (secondary N) is 1. The Bertz CT molecular complexity index is 920. The number of carbonyl (C=O) groups is 1. The number of aryl methyl sites for hydroxylation is 1. The summed E-state index contributed by atoms with van der Waals surface area (Å²) in [6.45, 7) is 7.09. The highest BCUT2D eigenvalue weighted by molar-refractivity contribution is 7.10. The van der Waals surface area contributed by atoms with Crippen LogP contribution < -0.4 is 5.32 Å². The Morgan fingerprint density at radius 3 is 2.47 bits per heavy atom. The first kappa shape index (κ1) is 20.7. The number of carbonyl (C=O) groups excluding carboxylic acids is 1. The number of thiophene rings is 1. The van der Waals surface area contributed by atoms with E-state index in [1.807, 2.05) is 24.4 Å². The smallest absolute Gasteiger partial charge is 0.234 e. The molecule has 3 heterocycles. The lowest BCUT2D eigenvalue weighted by atomic mass is 10.0. The van der Waals surface area contributed by atoms with Crippen LogP contribution in [0.2, 0.25) is 0 Å². The zero-order valence-corrected chi connectivity index (χ0v) is 18.1. The van der Waals surface area contributed by atoms with Gasteiger partial charge in [-0.05, 0) is 36.1 Å². The first-order valence-corrected chi connectivity index (χ1v) is 11.3. The van der Waals surface area contributed by atoms with Crippen LogP contribution in [-0.2, 0) is 11.3 Å². The number of nitrogens with zero attached hydrogens (tertiary/aromatic N) is 3. The molecule has 3 aromatic rings. The van der Waals surface area contributed by atoms with Crippen LogP contribution in [0.5, 0.6) is 0 Å². The monoisotopic (exact) mass is 420 g/mol. The second-order valence-corrected chi connectivity index (χ2v) is 8.78. The van der Waals surface area contributed by atoms with Crippen molar-refractivity contribution in [2.75, 3.05) is 32.7 Å². The van der Waals surface area contributed by atoms with Crippen LogP contribution >= 0.6 is 11.3 Å². The first-order valence-electron chi connectivity index (χ1n) is 10.4. The summed E-state index contributed by atoms with van der Waals surface area (Å²) in [4.78, 5) is 23.1. The van der Waals surface area contributed by atoms with Crippen molar-refractivity contribution in [1.82, 2.24) is 20.1 Å². The maximum Gasteiger partial charge on any atom is 0.234 e. The molecule has 1 unspecified atom stereocenters. The first-order chi connectivity index (χ1) is 14.7. The summed E-state index contributed by atoms with van der Waals surface area (Å²) in [5.74, 6) is 0.0761. The van der Waals surface area contributed by atoms with E-state index in [4.69, 9.17) is 0 Å². The molecular formula is C24H28N4OS. The van der Waals surface area contributed by atoms with Crippen LogP contribution in [0.15, 0.2) is 66.2 Å². The topological polar surface area (TPSA) is 48.5 Å². The number of pyridine rings is 1. The lowest BCUT2D eigenvalue weighted by Gasteiger charge is -2.34. The van der Waals surface area contributed by atoms with E-state index in [2.05, 4.69) is 68.8 Å². The Labute approximate surface area is 182 Å². The molecule has 30 heavy (non-hydrogen) atoms. The molecule has 1 saturated heterocycles. The molecule has 0 saturated carbocycles. The molecule has 6 heteroatoms. The minimum atomic E-state index is -0.0939. The van der Waals surface area contributed by atoms with E-state index in [-0.39, 0.29) is 11.9 Å². The zero-order valence-electron chi connectivity index (χ0n) is 17.3. The molecular weight excluding hydrogens is 392 g/mol. The van der Waals surface area contributed by atoms with Crippen LogP contribution in [0.3, 0.4) is 0 Å². The van der Waals surface area contributed by atoms with Gasteiger partial charge in [0, 0.05) is 43.8 Å². The van der Waals surface area contributed by atoms with Gasteiger partial charge in [0.05, 0.1) is 18.3 Å². The van der Waals surface area contributed by atoms with Gasteiger partial charge in [0.25, 0.3) is 0 Å². The quantitative estimate of drug-likeness (QED) is 0.636. The molecule has 0 aliphatic carbocycles. The van der Waals surface area contributed by atoms with Crippen LogP contribution in [0.1, 0.15) is 27.7 Å². The fourth-order valence-corrected chi connectivity index (χ4v) is 4.57. The molecule has 1 aliphatic rings. The van der Waals surface area contributed by atoms with Crippen molar-refractivity contribution in [3.8, 4) is 0 Å². The molecule has 2 aromatic heterocycles. The normalized spacial score (nSPS) is 16.3. The summed E-state index contributed by atoms with van der Waals surface area (Å²) in [6.07, 6.45) is 1.84. The number of amides is 1. The highest BCUT2D eigenvalue weighted by Gasteiger charge is 2.22. The summed E-state index contributed by atoms with van der Waals surface area (Å²) in [6, 6.07) is 18.5. The molecule has 0 spiro atoms. The Hall–Kier alpha value is -2.54. The highest BCUT2D eigenvalue weighted by Crippen LogP contribution is 2.26. The number of hydrogen-bond donors (Lipinski definition) is 1. The molecule has 4 rings (SSSR count). The number of aromatic nitrogens is 1. The van der Waals surface area contributed by atoms with E-state index < -0.39 is 0 Å². The molecule has 1 atom stereocenters. The van der Waals surface area contributed by atoms with Gasteiger partial charge >= 0.3 is 0 Å². The molecule has 1 amide bonds.